The van der Waals surface area contributed by atoms with Crippen molar-refractivity contribution in [3.8, 4) is 0 Å². The molecule has 0 aliphatic carbocycles. The first-order valence-corrected chi connectivity index (χ1v) is 5.48. The third-order valence-electron chi connectivity index (χ3n) is 1.67. The van der Waals surface area contributed by atoms with Crippen molar-refractivity contribution in [3.05, 3.63) is 0 Å². The molecule has 1 aliphatic heterocycles. The van der Waals surface area contributed by atoms with Gasteiger partial charge in [-0.25, -0.2) is 0 Å². The Kier molecular flexibility index (Phi) is 3.04. The molecule has 70 valence electrons. The Bertz CT molecular complexity index is 181. The van der Waals surface area contributed by atoms with E-state index in [-0.39, 0.29) is 5.54 Å². The second kappa shape index (κ2) is 3.69. The van der Waals surface area contributed by atoms with Crippen LogP contribution in [0.15, 0.2) is 4.99 Å². The third-order valence-corrected chi connectivity index (χ3v) is 2.70. The predicted molar refractivity (Wildman–Crippen MR) is 56.9 cm³/mol. The molecule has 0 aromatic rings. The van der Waals surface area contributed by atoms with Crippen LogP contribution in [-0.4, -0.2) is 22.5 Å². The molecule has 0 saturated carbocycles. The van der Waals surface area contributed by atoms with E-state index in [1.54, 1.807) is 0 Å². The van der Waals surface area contributed by atoms with Crippen LogP contribution in [0.25, 0.3) is 0 Å². The first-order chi connectivity index (χ1) is 5.51. The summed E-state index contributed by atoms with van der Waals surface area (Å²) in [6.07, 6.45) is 1.16. The van der Waals surface area contributed by atoms with Crippen molar-refractivity contribution in [1.29, 1.82) is 0 Å². The minimum atomic E-state index is 0.147. The summed E-state index contributed by atoms with van der Waals surface area (Å²) in [7, 11) is 0. The average Bonchev–Trinajstić information content (AvgIpc) is 2.32. The quantitative estimate of drug-likeness (QED) is 0.679. The molecule has 1 aliphatic rings. The van der Waals surface area contributed by atoms with Gasteiger partial charge >= 0.3 is 0 Å². The van der Waals surface area contributed by atoms with Crippen LogP contribution in [0.4, 0.5) is 0 Å². The van der Waals surface area contributed by atoms with Crippen molar-refractivity contribution in [2.24, 2.45) is 4.99 Å². The summed E-state index contributed by atoms with van der Waals surface area (Å²) in [4.78, 5) is 4.56. The first-order valence-electron chi connectivity index (χ1n) is 4.50. The lowest BCUT2D eigenvalue weighted by Crippen LogP contribution is -2.38. The molecular formula is C9H18N2S. The summed E-state index contributed by atoms with van der Waals surface area (Å²) in [6.45, 7) is 8.68. The third kappa shape index (κ3) is 3.05. The van der Waals surface area contributed by atoms with E-state index in [1.165, 1.54) is 0 Å². The molecule has 0 radical (unpaired) electrons. The zero-order chi connectivity index (χ0) is 9.19. The SMILES string of the molecule is CCC1CSC(NC(C)(C)C)=N1. The van der Waals surface area contributed by atoms with E-state index in [0.29, 0.717) is 6.04 Å². The van der Waals surface area contributed by atoms with Gasteiger partial charge in [-0.05, 0) is 27.2 Å². The molecule has 1 rings (SSSR count). The smallest absolute Gasteiger partial charge is 0.157 e. The number of thioether (sulfide) groups is 1. The maximum Gasteiger partial charge on any atom is 0.157 e. The number of hydrogen-bond donors (Lipinski definition) is 1. The van der Waals surface area contributed by atoms with Gasteiger partial charge in [0.15, 0.2) is 5.17 Å². The van der Waals surface area contributed by atoms with E-state index < -0.39 is 0 Å². The molecule has 0 aromatic carbocycles. The number of amidine groups is 1. The van der Waals surface area contributed by atoms with Crippen LogP contribution in [0.5, 0.6) is 0 Å². The van der Waals surface area contributed by atoms with E-state index in [9.17, 15) is 0 Å². The molecule has 1 atom stereocenters. The van der Waals surface area contributed by atoms with E-state index in [2.05, 4.69) is 38.0 Å². The van der Waals surface area contributed by atoms with Gasteiger partial charge in [-0.1, -0.05) is 18.7 Å². The lowest BCUT2D eigenvalue weighted by Gasteiger charge is -2.20. The Labute approximate surface area is 79.2 Å². The molecular weight excluding hydrogens is 168 g/mol. The Hall–Kier alpha value is -0.180. The molecule has 0 amide bonds. The van der Waals surface area contributed by atoms with Crippen molar-refractivity contribution < 1.29 is 0 Å². The van der Waals surface area contributed by atoms with Gasteiger partial charge in [0.2, 0.25) is 0 Å². The van der Waals surface area contributed by atoms with Crippen LogP contribution in [0.2, 0.25) is 0 Å². The fourth-order valence-electron chi connectivity index (χ4n) is 1.01. The van der Waals surface area contributed by atoms with Crippen molar-refractivity contribution in [1.82, 2.24) is 5.32 Å². The highest BCUT2D eigenvalue weighted by Gasteiger charge is 2.20. The van der Waals surface area contributed by atoms with E-state index >= 15 is 0 Å². The zero-order valence-electron chi connectivity index (χ0n) is 8.35. The molecule has 0 saturated heterocycles. The van der Waals surface area contributed by atoms with Gasteiger partial charge in [-0.3, -0.25) is 4.99 Å². The summed E-state index contributed by atoms with van der Waals surface area (Å²) >= 11 is 1.84. The Morgan fingerprint density at radius 1 is 1.58 bits per heavy atom. The fraction of sp³-hybridized carbons (Fsp3) is 0.889. The molecule has 3 heteroatoms. The van der Waals surface area contributed by atoms with Crippen molar-refractivity contribution in [3.63, 3.8) is 0 Å². The number of rotatable bonds is 1. The topological polar surface area (TPSA) is 24.4 Å². The van der Waals surface area contributed by atoms with Gasteiger partial charge in [0.05, 0.1) is 6.04 Å². The van der Waals surface area contributed by atoms with Crippen molar-refractivity contribution >= 4 is 16.9 Å². The predicted octanol–water partition coefficient (Wildman–Crippen LogP) is 2.26. The summed E-state index contributed by atoms with van der Waals surface area (Å²) in [5.74, 6) is 1.15. The number of nitrogens with zero attached hydrogens (tertiary/aromatic N) is 1. The monoisotopic (exact) mass is 186 g/mol. The van der Waals surface area contributed by atoms with Crippen LogP contribution < -0.4 is 5.32 Å². The molecule has 0 fully saturated rings. The van der Waals surface area contributed by atoms with Crippen LogP contribution in [0.3, 0.4) is 0 Å². The summed E-state index contributed by atoms with van der Waals surface area (Å²) in [5, 5.41) is 4.52. The molecule has 0 aromatic heterocycles. The van der Waals surface area contributed by atoms with Gasteiger partial charge in [0.25, 0.3) is 0 Å². The molecule has 12 heavy (non-hydrogen) atoms. The second-order valence-electron chi connectivity index (χ2n) is 4.18. The lowest BCUT2D eigenvalue weighted by atomic mass is 10.1. The standard InChI is InChI=1S/C9H18N2S/c1-5-7-6-12-8(10-7)11-9(2,3)4/h7H,5-6H2,1-4H3,(H,10,11). The Balaban J connectivity index is 2.45. The van der Waals surface area contributed by atoms with Gasteiger partial charge < -0.3 is 5.32 Å². The molecule has 0 spiro atoms. The van der Waals surface area contributed by atoms with E-state index in [1.807, 2.05) is 11.8 Å². The summed E-state index contributed by atoms with van der Waals surface area (Å²) < 4.78 is 0. The average molecular weight is 186 g/mol. The largest absolute Gasteiger partial charge is 0.360 e. The zero-order valence-corrected chi connectivity index (χ0v) is 9.16. The van der Waals surface area contributed by atoms with Crippen molar-refractivity contribution in [2.45, 2.75) is 45.7 Å². The lowest BCUT2D eigenvalue weighted by molar-refractivity contribution is 0.514. The molecule has 2 nitrogen and oxygen atoms in total. The molecule has 1 unspecified atom stereocenters. The maximum atomic E-state index is 4.56. The van der Waals surface area contributed by atoms with Gasteiger partial charge in [0.1, 0.15) is 0 Å². The van der Waals surface area contributed by atoms with Crippen LogP contribution in [0, 0.1) is 0 Å². The minimum Gasteiger partial charge on any atom is -0.360 e. The van der Waals surface area contributed by atoms with E-state index in [4.69, 9.17) is 0 Å². The van der Waals surface area contributed by atoms with Crippen LogP contribution in [-0.2, 0) is 0 Å². The highest BCUT2D eigenvalue weighted by atomic mass is 32.2. The second-order valence-corrected chi connectivity index (χ2v) is 5.19. The molecule has 1 N–H and O–H groups in total. The summed E-state index contributed by atoms with van der Waals surface area (Å²) in [5.41, 5.74) is 0.147. The Morgan fingerprint density at radius 2 is 2.25 bits per heavy atom. The minimum absolute atomic E-state index is 0.147. The maximum absolute atomic E-state index is 4.56. The molecule has 1 heterocycles. The van der Waals surface area contributed by atoms with Crippen LogP contribution in [0.1, 0.15) is 34.1 Å². The van der Waals surface area contributed by atoms with E-state index in [0.717, 1.165) is 17.3 Å². The fourth-order valence-corrected chi connectivity index (χ4v) is 2.28. The van der Waals surface area contributed by atoms with Crippen LogP contribution >= 0.6 is 11.8 Å². The van der Waals surface area contributed by atoms with Crippen molar-refractivity contribution in [2.75, 3.05) is 5.75 Å². The number of hydrogen-bond acceptors (Lipinski definition) is 3. The number of nitrogens with one attached hydrogen (secondary N) is 1. The molecule has 0 bridgehead atoms. The van der Waals surface area contributed by atoms with Gasteiger partial charge in [0, 0.05) is 11.3 Å². The normalized spacial score (nSPS) is 24.0. The first kappa shape index (κ1) is 9.90. The summed E-state index contributed by atoms with van der Waals surface area (Å²) in [6, 6.07) is 0.542. The van der Waals surface area contributed by atoms with Gasteiger partial charge in [-0.15, -0.1) is 0 Å². The Morgan fingerprint density at radius 3 is 2.67 bits per heavy atom. The highest BCUT2D eigenvalue weighted by Crippen LogP contribution is 2.19. The highest BCUT2D eigenvalue weighted by molar-refractivity contribution is 8.14. The van der Waals surface area contributed by atoms with Gasteiger partial charge in [-0.2, -0.15) is 0 Å². The number of aliphatic imine (C=N–C) groups is 1.